The molecular formula is C12H14N4O3S. The number of nitrogens with zero attached hydrogens (tertiary/aromatic N) is 1. The number of urea groups is 1. The Morgan fingerprint density at radius 2 is 1.85 bits per heavy atom. The number of aromatic amines is 1. The van der Waals surface area contributed by atoms with E-state index in [2.05, 4.69) is 20.8 Å². The van der Waals surface area contributed by atoms with Gasteiger partial charge in [0.05, 0.1) is 22.5 Å². The Kier molecular flexibility index (Phi) is 4.04. The van der Waals surface area contributed by atoms with Crippen LogP contribution in [0.1, 0.15) is 6.92 Å². The Morgan fingerprint density at radius 1 is 1.20 bits per heavy atom. The Balaban J connectivity index is 2.02. The molecule has 20 heavy (non-hydrogen) atoms. The highest BCUT2D eigenvalue weighted by Crippen LogP contribution is 2.15. The third kappa shape index (κ3) is 3.35. The SMILES string of the molecule is CCS(=O)(=O)c1ccc(NC(=O)Nc2cn[nH]c2)cc1. The first-order valence-corrected chi connectivity index (χ1v) is 7.56. The molecule has 8 heteroatoms. The van der Waals surface area contributed by atoms with Crippen LogP contribution in [-0.4, -0.2) is 30.4 Å². The zero-order valence-corrected chi connectivity index (χ0v) is 11.6. The summed E-state index contributed by atoms with van der Waals surface area (Å²) in [6.45, 7) is 1.58. The molecule has 0 aliphatic rings. The first-order chi connectivity index (χ1) is 9.51. The van der Waals surface area contributed by atoms with Gasteiger partial charge < -0.3 is 10.6 Å². The van der Waals surface area contributed by atoms with E-state index < -0.39 is 15.9 Å². The lowest BCUT2D eigenvalue weighted by Gasteiger charge is -2.07. The van der Waals surface area contributed by atoms with Crippen molar-refractivity contribution in [3.8, 4) is 0 Å². The molecule has 0 aliphatic heterocycles. The maximum atomic E-state index is 11.6. The first kappa shape index (κ1) is 14.1. The van der Waals surface area contributed by atoms with Crippen LogP contribution in [0.4, 0.5) is 16.2 Å². The fourth-order valence-corrected chi connectivity index (χ4v) is 2.41. The van der Waals surface area contributed by atoms with Crippen molar-refractivity contribution in [1.82, 2.24) is 10.2 Å². The maximum Gasteiger partial charge on any atom is 0.323 e. The molecule has 1 aromatic carbocycles. The van der Waals surface area contributed by atoms with E-state index in [1.54, 1.807) is 6.92 Å². The van der Waals surface area contributed by atoms with Crippen LogP contribution < -0.4 is 10.6 Å². The zero-order valence-electron chi connectivity index (χ0n) is 10.8. The molecule has 1 heterocycles. The molecule has 0 saturated carbocycles. The number of carbonyl (C=O) groups is 1. The summed E-state index contributed by atoms with van der Waals surface area (Å²) >= 11 is 0. The van der Waals surface area contributed by atoms with E-state index in [4.69, 9.17) is 0 Å². The molecule has 3 N–H and O–H groups in total. The van der Waals surface area contributed by atoms with Crippen LogP contribution in [-0.2, 0) is 9.84 Å². The van der Waals surface area contributed by atoms with Crippen molar-refractivity contribution in [2.45, 2.75) is 11.8 Å². The average Bonchev–Trinajstić information content (AvgIpc) is 2.92. The second-order valence-electron chi connectivity index (χ2n) is 3.99. The van der Waals surface area contributed by atoms with Crippen molar-refractivity contribution < 1.29 is 13.2 Å². The van der Waals surface area contributed by atoms with Gasteiger partial charge in [-0.15, -0.1) is 0 Å². The smallest absolute Gasteiger partial charge is 0.308 e. The molecule has 2 rings (SSSR count). The molecule has 0 unspecified atom stereocenters. The van der Waals surface area contributed by atoms with Gasteiger partial charge in [0.1, 0.15) is 0 Å². The van der Waals surface area contributed by atoms with Crippen molar-refractivity contribution in [3.05, 3.63) is 36.7 Å². The quantitative estimate of drug-likeness (QED) is 0.800. The second kappa shape index (κ2) is 5.74. The first-order valence-electron chi connectivity index (χ1n) is 5.91. The van der Waals surface area contributed by atoms with Gasteiger partial charge in [0.25, 0.3) is 0 Å². The van der Waals surface area contributed by atoms with E-state index in [1.165, 1.54) is 36.7 Å². The third-order valence-corrected chi connectivity index (χ3v) is 4.36. The molecule has 0 atom stereocenters. The van der Waals surface area contributed by atoms with Crippen LogP contribution in [0.15, 0.2) is 41.6 Å². The number of aromatic nitrogens is 2. The van der Waals surface area contributed by atoms with Gasteiger partial charge in [-0.3, -0.25) is 5.10 Å². The Hall–Kier alpha value is -2.35. The van der Waals surface area contributed by atoms with Crippen LogP contribution in [0.25, 0.3) is 0 Å². The lowest BCUT2D eigenvalue weighted by molar-refractivity contribution is 0.262. The fourth-order valence-electron chi connectivity index (χ4n) is 1.52. The monoisotopic (exact) mass is 294 g/mol. The molecule has 2 aromatic rings. The molecule has 0 saturated heterocycles. The standard InChI is InChI=1S/C12H14N4O3S/c1-2-20(18,19)11-5-3-9(4-6-11)15-12(17)16-10-7-13-14-8-10/h3-8H,2H2,1H3,(H,13,14)(H2,15,16,17). The highest BCUT2D eigenvalue weighted by molar-refractivity contribution is 7.91. The van der Waals surface area contributed by atoms with Gasteiger partial charge in [-0.1, -0.05) is 6.92 Å². The summed E-state index contributed by atoms with van der Waals surface area (Å²) in [6.07, 6.45) is 3.01. The number of carbonyl (C=O) groups excluding carboxylic acids is 1. The Bertz CT molecular complexity index is 678. The number of nitrogens with one attached hydrogen (secondary N) is 3. The Labute approximate surface area is 116 Å². The highest BCUT2D eigenvalue weighted by Gasteiger charge is 2.11. The van der Waals surface area contributed by atoms with Crippen molar-refractivity contribution in [3.63, 3.8) is 0 Å². The van der Waals surface area contributed by atoms with Gasteiger partial charge in [0.15, 0.2) is 9.84 Å². The molecule has 0 bridgehead atoms. The van der Waals surface area contributed by atoms with Crippen LogP contribution in [0, 0.1) is 0 Å². The molecular weight excluding hydrogens is 280 g/mol. The number of sulfone groups is 1. The summed E-state index contributed by atoms with van der Waals surface area (Å²) in [5, 5.41) is 11.4. The summed E-state index contributed by atoms with van der Waals surface area (Å²) < 4.78 is 23.3. The third-order valence-electron chi connectivity index (χ3n) is 2.61. The number of anilines is 2. The van der Waals surface area contributed by atoms with Gasteiger partial charge in [-0.2, -0.15) is 5.10 Å². The van der Waals surface area contributed by atoms with Crippen molar-refractivity contribution in [2.75, 3.05) is 16.4 Å². The average molecular weight is 294 g/mol. The van der Waals surface area contributed by atoms with Gasteiger partial charge in [-0.25, -0.2) is 13.2 Å². The normalized spacial score (nSPS) is 11.1. The molecule has 0 radical (unpaired) electrons. The molecule has 0 fully saturated rings. The van der Waals surface area contributed by atoms with Gasteiger partial charge >= 0.3 is 6.03 Å². The van der Waals surface area contributed by atoms with Gasteiger partial charge in [0.2, 0.25) is 0 Å². The van der Waals surface area contributed by atoms with E-state index in [-0.39, 0.29) is 10.6 Å². The summed E-state index contributed by atoms with van der Waals surface area (Å²) in [6, 6.07) is 5.57. The molecule has 106 valence electrons. The van der Waals surface area contributed by atoms with Crippen molar-refractivity contribution in [1.29, 1.82) is 0 Å². The minimum absolute atomic E-state index is 0.0424. The molecule has 0 aliphatic carbocycles. The zero-order chi connectivity index (χ0) is 14.6. The summed E-state index contributed by atoms with van der Waals surface area (Å²) in [5.41, 5.74) is 1.04. The van der Waals surface area contributed by atoms with Crippen LogP contribution >= 0.6 is 0 Å². The van der Waals surface area contributed by atoms with Crippen LogP contribution in [0.2, 0.25) is 0 Å². The molecule has 0 spiro atoms. The number of hydrogen-bond acceptors (Lipinski definition) is 4. The molecule has 7 nitrogen and oxygen atoms in total. The number of rotatable bonds is 4. The summed E-state index contributed by atoms with van der Waals surface area (Å²) in [5.74, 6) is 0.0424. The maximum absolute atomic E-state index is 11.6. The van der Waals surface area contributed by atoms with E-state index in [0.29, 0.717) is 11.4 Å². The van der Waals surface area contributed by atoms with Crippen LogP contribution in [0.5, 0.6) is 0 Å². The Morgan fingerprint density at radius 3 is 2.40 bits per heavy atom. The van der Waals surface area contributed by atoms with Gasteiger partial charge in [-0.05, 0) is 24.3 Å². The second-order valence-corrected chi connectivity index (χ2v) is 6.27. The summed E-state index contributed by atoms with van der Waals surface area (Å²) in [4.78, 5) is 11.9. The predicted octanol–water partition coefficient (Wildman–Crippen LogP) is 1.85. The largest absolute Gasteiger partial charge is 0.323 e. The lowest BCUT2D eigenvalue weighted by Crippen LogP contribution is -2.19. The van der Waals surface area contributed by atoms with Crippen molar-refractivity contribution >= 4 is 27.2 Å². The predicted molar refractivity (Wildman–Crippen MR) is 75.4 cm³/mol. The number of amides is 2. The highest BCUT2D eigenvalue weighted by atomic mass is 32.2. The fraction of sp³-hybridized carbons (Fsp3) is 0.167. The van der Waals surface area contributed by atoms with E-state index >= 15 is 0 Å². The minimum Gasteiger partial charge on any atom is -0.308 e. The number of hydrogen-bond donors (Lipinski definition) is 3. The van der Waals surface area contributed by atoms with Gasteiger partial charge in [0, 0.05) is 11.9 Å². The van der Waals surface area contributed by atoms with E-state index in [1.807, 2.05) is 0 Å². The molecule has 1 aromatic heterocycles. The lowest BCUT2D eigenvalue weighted by atomic mass is 10.3. The summed E-state index contributed by atoms with van der Waals surface area (Å²) in [7, 11) is -3.23. The molecule has 2 amide bonds. The topological polar surface area (TPSA) is 104 Å². The minimum atomic E-state index is -3.23. The number of benzene rings is 1. The number of H-pyrrole nitrogens is 1. The van der Waals surface area contributed by atoms with Crippen LogP contribution in [0.3, 0.4) is 0 Å². The van der Waals surface area contributed by atoms with E-state index in [0.717, 1.165) is 0 Å². The van der Waals surface area contributed by atoms with E-state index in [9.17, 15) is 13.2 Å². The van der Waals surface area contributed by atoms with Crippen molar-refractivity contribution in [2.24, 2.45) is 0 Å².